The van der Waals surface area contributed by atoms with Crippen LogP contribution in [0.1, 0.15) is 28.9 Å². The zero-order valence-corrected chi connectivity index (χ0v) is 17.8. The average molecular weight is 419 g/mol. The quantitative estimate of drug-likeness (QED) is 0.451. The minimum absolute atomic E-state index is 0.145. The van der Waals surface area contributed by atoms with Gasteiger partial charge in [-0.15, -0.1) is 11.3 Å². The maximum atomic E-state index is 13.3. The number of carbonyl (C=O) groups excluding carboxylic acids is 1. The van der Waals surface area contributed by atoms with Crippen LogP contribution in [0.4, 0.5) is 0 Å². The molecule has 0 spiro atoms. The highest BCUT2D eigenvalue weighted by Gasteiger charge is 2.18. The number of rotatable bonds is 6. The van der Waals surface area contributed by atoms with Gasteiger partial charge in [0.1, 0.15) is 0 Å². The lowest BCUT2D eigenvalue weighted by Crippen LogP contribution is -2.27. The number of fused-ring (bicyclic) bond motifs is 1. The summed E-state index contributed by atoms with van der Waals surface area (Å²) in [6, 6.07) is 19.0. The van der Waals surface area contributed by atoms with Crippen LogP contribution >= 0.6 is 11.3 Å². The Hall–Kier alpha value is -3.38. The molecule has 0 aliphatic heterocycles. The minimum Gasteiger partial charge on any atom is -0.493 e. The fraction of sp³-hybridized carbons (Fsp3) is 0.167. The van der Waals surface area contributed by atoms with Crippen LogP contribution in [0.3, 0.4) is 0 Å². The van der Waals surface area contributed by atoms with Gasteiger partial charge in [-0.25, -0.2) is 4.98 Å². The van der Waals surface area contributed by atoms with Crippen molar-refractivity contribution < 1.29 is 14.3 Å². The van der Waals surface area contributed by atoms with E-state index in [0.717, 1.165) is 27.0 Å². The van der Waals surface area contributed by atoms with Crippen molar-refractivity contribution in [3.8, 4) is 22.1 Å². The first kappa shape index (κ1) is 19.9. The van der Waals surface area contributed by atoms with Crippen molar-refractivity contribution in [1.82, 2.24) is 10.3 Å². The van der Waals surface area contributed by atoms with Gasteiger partial charge in [-0.2, -0.15) is 0 Å². The molecule has 1 amide bonds. The van der Waals surface area contributed by atoms with Crippen LogP contribution in [-0.2, 0) is 0 Å². The highest BCUT2D eigenvalue weighted by molar-refractivity contribution is 7.13. The van der Waals surface area contributed by atoms with Gasteiger partial charge in [-0.1, -0.05) is 30.3 Å². The topological polar surface area (TPSA) is 60.5 Å². The van der Waals surface area contributed by atoms with E-state index in [-0.39, 0.29) is 11.9 Å². The molecule has 2 aromatic heterocycles. The van der Waals surface area contributed by atoms with E-state index < -0.39 is 0 Å². The molecule has 2 aromatic carbocycles. The molecule has 1 unspecified atom stereocenters. The van der Waals surface area contributed by atoms with E-state index in [1.807, 2.05) is 73.0 Å². The number of hydrogen-bond donors (Lipinski definition) is 1. The second-order valence-corrected chi connectivity index (χ2v) is 7.81. The summed E-state index contributed by atoms with van der Waals surface area (Å²) in [4.78, 5) is 19.0. The lowest BCUT2D eigenvalue weighted by molar-refractivity contribution is 0.0941. The number of thiophene rings is 1. The number of nitrogens with zero attached hydrogens (tertiary/aromatic N) is 1. The Kier molecular flexibility index (Phi) is 5.68. The predicted molar refractivity (Wildman–Crippen MR) is 120 cm³/mol. The maximum Gasteiger partial charge on any atom is 0.252 e. The number of benzene rings is 2. The van der Waals surface area contributed by atoms with Gasteiger partial charge < -0.3 is 14.8 Å². The molecule has 0 saturated carbocycles. The van der Waals surface area contributed by atoms with Gasteiger partial charge in [0.15, 0.2) is 11.5 Å². The first-order valence-corrected chi connectivity index (χ1v) is 10.4. The molecule has 1 N–H and O–H groups in total. The lowest BCUT2D eigenvalue weighted by atomic mass is 10.0. The van der Waals surface area contributed by atoms with Crippen LogP contribution in [0.5, 0.6) is 11.5 Å². The number of amides is 1. The third kappa shape index (κ3) is 3.86. The monoisotopic (exact) mass is 418 g/mol. The molecule has 152 valence electrons. The SMILES string of the molecule is COc1ccc(C(C)NC(=O)c2cc(-c3cccs3)nc3ccccc23)cc1OC. The van der Waals surface area contributed by atoms with Crippen LogP contribution < -0.4 is 14.8 Å². The third-order valence-electron chi connectivity index (χ3n) is 4.99. The summed E-state index contributed by atoms with van der Waals surface area (Å²) in [5, 5.41) is 5.94. The van der Waals surface area contributed by atoms with Gasteiger partial charge in [-0.3, -0.25) is 4.79 Å². The molecule has 0 aliphatic rings. The van der Waals surface area contributed by atoms with Gasteiger partial charge >= 0.3 is 0 Å². The van der Waals surface area contributed by atoms with Crippen LogP contribution in [-0.4, -0.2) is 25.1 Å². The molecule has 1 atom stereocenters. The number of methoxy groups -OCH3 is 2. The molecule has 4 rings (SSSR count). The van der Waals surface area contributed by atoms with Crippen molar-refractivity contribution in [2.45, 2.75) is 13.0 Å². The standard InChI is InChI=1S/C24H22N2O3S/c1-15(16-10-11-21(28-2)22(13-16)29-3)25-24(27)18-14-20(23-9-6-12-30-23)26-19-8-5-4-7-17(18)19/h4-15H,1-3H3,(H,25,27). The summed E-state index contributed by atoms with van der Waals surface area (Å²) >= 11 is 1.60. The van der Waals surface area contributed by atoms with E-state index in [0.29, 0.717) is 17.1 Å². The molecule has 6 heteroatoms. The second kappa shape index (κ2) is 8.55. The summed E-state index contributed by atoms with van der Waals surface area (Å²) in [7, 11) is 3.20. The first-order chi connectivity index (χ1) is 14.6. The van der Waals surface area contributed by atoms with Crippen molar-refractivity contribution in [3.63, 3.8) is 0 Å². The van der Waals surface area contributed by atoms with Crippen LogP contribution in [0.25, 0.3) is 21.5 Å². The summed E-state index contributed by atoms with van der Waals surface area (Å²) < 4.78 is 10.7. The van der Waals surface area contributed by atoms with Crippen LogP contribution in [0.2, 0.25) is 0 Å². The number of para-hydroxylation sites is 1. The van der Waals surface area contributed by atoms with E-state index in [4.69, 9.17) is 14.5 Å². The van der Waals surface area contributed by atoms with E-state index >= 15 is 0 Å². The van der Waals surface area contributed by atoms with Gasteiger partial charge in [0, 0.05) is 5.39 Å². The normalized spacial score (nSPS) is 11.8. The fourth-order valence-electron chi connectivity index (χ4n) is 3.39. The van der Waals surface area contributed by atoms with Crippen molar-refractivity contribution in [1.29, 1.82) is 0 Å². The molecule has 0 fully saturated rings. The van der Waals surface area contributed by atoms with Crippen LogP contribution in [0.15, 0.2) is 66.0 Å². The summed E-state index contributed by atoms with van der Waals surface area (Å²) in [6.07, 6.45) is 0. The number of carbonyl (C=O) groups is 1. The molecule has 0 radical (unpaired) electrons. The third-order valence-corrected chi connectivity index (χ3v) is 5.88. The number of ether oxygens (including phenoxy) is 2. The Morgan fingerprint density at radius 1 is 1.00 bits per heavy atom. The Labute approximate surface area is 179 Å². The van der Waals surface area contributed by atoms with Gasteiger partial charge in [0.2, 0.25) is 0 Å². The van der Waals surface area contributed by atoms with Crippen LogP contribution in [0, 0.1) is 0 Å². The Morgan fingerprint density at radius 3 is 2.53 bits per heavy atom. The van der Waals surface area contributed by atoms with Gasteiger partial charge in [-0.05, 0) is 48.2 Å². The zero-order chi connectivity index (χ0) is 21.1. The zero-order valence-electron chi connectivity index (χ0n) is 17.0. The van der Waals surface area contributed by atoms with Gasteiger partial charge in [0.25, 0.3) is 5.91 Å². The Morgan fingerprint density at radius 2 is 1.80 bits per heavy atom. The van der Waals surface area contributed by atoms with E-state index in [9.17, 15) is 4.79 Å². The molecule has 30 heavy (non-hydrogen) atoms. The molecule has 4 aromatic rings. The van der Waals surface area contributed by atoms with Crippen molar-refractivity contribution in [3.05, 3.63) is 77.2 Å². The number of hydrogen-bond acceptors (Lipinski definition) is 5. The Bertz CT molecular complexity index is 1190. The number of nitrogens with one attached hydrogen (secondary N) is 1. The minimum atomic E-state index is -0.213. The molecule has 0 aliphatic carbocycles. The molecule has 0 saturated heterocycles. The maximum absolute atomic E-state index is 13.3. The number of aromatic nitrogens is 1. The molecular formula is C24H22N2O3S. The molecule has 5 nitrogen and oxygen atoms in total. The van der Waals surface area contributed by atoms with E-state index in [2.05, 4.69) is 5.32 Å². The molecule has 2 heterocycles. The first-order valence-electron chi connectivity index (χ1n) is 9.57. The summed E-state index contributed by atoms with van der Waals surface area (Å²) in [5.74, 6) is 1.14. The van der Waals surface area contributed by atoms with Gasteiger partial charge in [0.05, 0.1) is 41.9 Å². The highest BCUT2D eigenvalue weighted by Crippen LogP contribution is 2.31. The van der Waals surface area contributed by atoms with Crippen molar-refractivity contribution >= 4 is 28.1 Å². The Balaban J connectivity index is 1.68. The summed E-state index contributed by atoms with van der Waals surface area (Å²) in [5.41, 5.74) is 3.13. The molecular weight excluding hydrogens is 396 g/mol. The highest BCUT2D eigenvalue weighted by atomic mass is 32.1. The van der Waals surface area contributed by atoms with E-state index in [1.165, 1.54) is 0 Å². The second-order valence-electron chi connectivity index (χ2n) is 6.86. The van der Waals surface area contributed by atoms with E-state index in [1.54, 1.807) is 25.6 Å². The van der Waals surface area contributed by atoms with Crippen molar-refractivity contribution in [2.75, 3.05) is 14.2 Å². The predicted octanol–water partition coefficient (Wildman–Crippen LogP) is 5.47. The summed E-state index contributed by atoms with van der Waals surface area (Å²) in [6.45, 7) is 1.95. The lowest BCUT2D eigenvalue weighted by Gasteiger charge is -2.17. The largest absolute Gasteiger partial charge is 0.493 e. The van der Waals surface area contributed by atoms with Crippen molar-refractivity contribution in [2.24, 2.45) is 0 Å². The molecule has 0 bridgehead atoms. The average Bonchev–Trinajstić information content (AvgIpc) is 3.32. The fourth-order valence-corrected chi connectivity index (χ4v) is 4.08. The smallest absolute Gasteiger partial charge is 0.252 e. The number of pyridine rings is 1.